The standard InChI is InChI=1S/C27H40N2O/c1-3-5-7-21-30-26-18-14-24(15-19-26)27-20-17-25(28-29-27)16-13-23-11-9-22(10-12-23)8-6-4-2/h14-15,17-20,22-23H,3-13,16,21H2,1-2H3. The zero-order valence-corrected chi connectivity index (χ0v) is 19.1. The number of hydrogen-bond acceptors (Lipinski definition) is 3. The van der Waals surface area contributed by atoms with Gasteiger partial charge in [-0.2, -0.15) is 10.2 Å². The molecular formula is C27H40N2O. The van der Waals surface area contributed by atoms with Gasteiger partial charge in [0, 0.05) is 5.56 Å². The van der Waals surface area contributed by atoms with Crippen LogP contribution in [0, 0.1) is 11.8 Å². The molecule has 1 heterocycles. The summed E-state index contributed by atoms with van der Waals surface area (Å²) < 4.78 is 5.80. The maximum Gasteiger partial charge on any atom is 0.119 e. The number of hydrogen-bond donors (Lipinski definition) is 0. The molecule has 3 rings (SSSR count). The Morgan fingerprint density at radius 2 is 1.47 bits per heavy atom. The van der Waals surface area contributed by atoms with Crippen molar-refractivity contribution in [2.45, 2.75) is 90.9 Å². The summed E-state index contributed by atoms with van der Waals surface area (Å²) in [5.41, 5.74) is 3.16. The zero-order chi connectivity index (χ0) is 21.0. The number of nitrogens with zero attached hydrogens (tertiary/aromatic N) is 2. The van der Waals surface area contributed by atoms with Crippen LogP contribution in [0.3, 0.4) is 0 Å². The summed E-state index contributed by atoms with van der Waals surface area (Å²) in [4.78, 5) is 0. The van der Waals surface area contributed by atoms with E-state index in [1.165, 1.54) is 64.2 Å². The highest BCUT2D eigenvalue weighted by Crippen LogP contribution is 2.34. The van der Waals surface area contributed by atoms with Gasteiger partial charge in [-0.25, -0.2) is 0 Å². The monoisotopic (exact) mass is 408 g/mol. The van der Waals surface area contributed by atoms with E-state index >= 15 is 0 Å². The second-order valence-corrected chi connectivity index (χ2v) is 9.06. The molecule has 0 amide bonds. The van der Waals surface area contributed by atoms with Gasteiger partial charge in [-0.1, -0.05) is 71.6 Å². The molecule has 0 bridgehead atoms. The molecule has 0 aliphatic heterocycles. The Labute approximate surface area is 183 Å². The molecule has 0 atom stereocenters. The second kappa shape index (κ2) is 12.7. The Hall–Kier alpha value is -1.90. The smallest absolute Gasteiger partial charge is 0.119 e. The van der Waals surface area contributed by atoms with Crippen molar-refractivity contribution in [3.8, 4) is 17.0 Å². The molecule has 1 fully saturated rings. The van der Waals surface area contributed by atoms with Crippen LogP contribution in [0.4, 0.5) is 0 Å². The van der Waals surface area contributed by atoms with Gasteiger partial charge in [-0.15, -0.1) is 0 Å². The molecule has 3 heteroatoms. The van der Waals surface area contributed by atoms with E-state index in [9.17, 15) is 0 Å². The second-order valence-electron chi connectivity index (χ2n) is 9.06. The minimum absolute atomic E-state index is 0.794. The Balaban J connectivity index is 1.41. The van der Waals surface area contributed by atoms with E-state index in [1.54, 1.807) is 0 Å². The number of aryl methyl sites for hydroxylation is 1. The van der Waals surface area contributed by atoms with Gasteiger partial charge in [-0.3, -0.25) is 0 Å². The molecule has 0 N–H and O–H groups in total. The largest absolute Gasteiger partial charge is 0.494 e. The Bertz CT molecular complexity index is 703. The highest BCUT2D eigenvalue weighted by molar-refractivity contribution is 5.59. The van der Waals surface area contributed by atoms with E-state index in [1.807, 2.05) is 12.1 Å². The maximum atomic E-state index is 5.80. The summed E-state index contributed by atoms with van der Waals surface area (Å²) in [5, 5.41) is 8.99. The minimum atomic E-state index is 0.794. The van der Waals surface area contributed by atoms with Gasteiger partial charge in [0.1, 0.15) is 5.75 Å². The van der Waals surface area contributed by atoms with Crippen molar-refractivity contribution < 1.29 is 4.74 Å². The zero-order valence-electron chi connectivity index (χ0n) is 19.1. The molecule has 164 valence electrons. The third kappa shape index (κ3) is 7.41. The van der Waals surface area contributed by atoms with Gasteiger partial charge in [0.25, 0.3) is 0 Å². The van der Waals surface area contributed by atoms with Crippen molar-refractivity contribution in [2.24, 2.45) is 11.8 Å². The lowest BCUT2D eigenvalue weighted by Crippen LogP contribution is -2.15. The average molecular weight is 409 g/mol. The van der Waals surface area contributed by atoms with Gasteiger partial charge in [0.2, 0.25) is 0 Å². The molecule has 30 heavy (non-hydrogen) atoms. The third-order valence-electron chi connectivity index (χ3n) is 6.63. The lowest BCUT2D eigenvalue weighted by Gasteiger charge is -2.28. The van der Waals surface area contributed by atoms with Crippen LogP contribution in [0.5, 0.6) is 5.75 Å². The SMILES string of the molecule is CCCCCOc1ccc(-c2ccc(CCC3CCC(CCCC)CC3)nn2)cc1. The van der Waals surface area contributed by atoms with Gasteiger partial charge in [0.15, 0.2) is 0 Å². The van der Waals surface area contributed by atoms with Crippen molar-refractivity contribution in [1.29, 1.82) is 0 Å². The molecule has 1 aromatic carbocycles. The molecule has 2 aromatic rings. The predicted octanol–water partition coefficient (Wildman–Crippen LogP) is 7.64. The van der Waals surface area contributed by atoms with Crippen LogP contribution in [0.1, 0.15) is 90.2 Å². The molecule has 0 saturated heterocycles. The fraction of sp³-hybridized carbons (Fsp3) is 0.630. The molecular weight excluding hydrogens is 368 g/mol. The van der Waals surface area contributed by atoms with Crippen molar-refractivity contribution in [1.82, 2.24) is 10.2 Å². The van der Waals surface area contributed by atoms with Crippen LogP contribution in [0.25, 0.3) is 11.3 Å². The van der Waals surface area contributed by atoms with E-state index in [4.69, 9.17) is 4.74 Å². The average Bonchev–Trinajstić information content (AvgIpc) is 2.81. The van der Waals surface area contributed by atoms with Crippen LogP contribution in [0.15, 0.2) is 36.4 Å². The van der Waals surface area contributed by atoms with Crippen LogP contribution < -0.4 is 4.74 Å². The molecule has 1 aliphatic carbocycles. The quantitative estimate of drug-likeness (QED) is 0.338. The summed E-state index contributed by atoms with van der Waals surface area (Å²) in [6, 6.07) is 12.5. The molecule has 0 spiro atoms. The fourth-order valence-electron chi connectivity index (χ4n) is 4.56. The molecule has 1 aliphatic rings. The Kier molecular flexibility index (Phi) is 9.66. The summed E-state index contributed by atoms with van der Waals surface area (Å²) in [6.45, 7) is 5.31. The fourth-order valence-corrected chi connectivity index (χ4v) is 4.56. The third-order valence-corrected chi connectivity index (χ3v) is 6.63. The van der Waals surface area contributed by atoms with E-state index in [0.29, 0.717) is 0 Å². The van der Waals surface area contributed by atoms with E-state index in [-0.39, 0.29) is 0 Å². The first-order chi connectivity index (χ1) is 14.8. The Morgan fingerprint density at radius 3 is 2.10 bits per heavy atom. The first-order valence-electron chi connectivity index (χ1n) is 12.3. The molecule has 1 saturated carbocycles. The van der Waals surface area contributed by atoms with Crippen LogP contribution in [-0.2, 0) is 6.42 Å². The first-order valence-corrected chi connectivity index (χ1v) is 12.3. The normalized spacial score (nSPS) is 19.0. The van der Waals surface area contributed by atoms with E-state index in [0.717, 1.165) is 54.0 Å². The minimum Gasteiger partial charge on any atom is -0.494 e. The lowest BCUT2D eigenvalue weighted by atomic mass is 9.78. The van der Waals surface area contributed by atoms with Crippen molar-refractivity contribution in [3.05, 3.63) is 42.1 Å². The van der Waals surface area contributed by atoms with Crippen molar-refractivity contribution >= 4 is 0 Å². The first kappa shape index (κ1) is 22.8. The van der Waals surface area contributed by atoms with Crippen LogP contribution in [0.2, 0.25) is 0 Å². The van der Waals surface area contributed by atoms with Gasteiger partial charge in [0.05, 0.1) is 18.0 Å². The number of ether oxygens (including phenoxy) is 1. The number of benzene rings is 1. The summed E-state index contributed by atoms with van der Waals surface area (Å²) in [5.74, 6) is 2.81. The van der Waals surface area contributed by atoms with Gasteiger partial charge >= 0.3 is 0 Å². The maximum absolute atomic E-state index is 5.80. The molecule has 3 nitrogen and oxygen atoms in total. The van der Waals surface area contributed by atoms with E-state index < -0.39 is 0 Å². The number of unbranched alkanes of at least 4 members (excludes halogenated alkanes) is 3. The highest BCUT2D eigenvalue weighted by Gasteiger charge is 2.20. The van der Waals surface area contributed by atoms with Crippen molar-refractivity contribution in [2.75, 3.05) is 6.61 Å². The summed E-state index contributed by atoms with van der Waals surface area (Å²) >= 11 is 0. The van der Waals surface area contributed by atoms with Crippen LogP contribution in [-0.4, -0.2) is 16.8 Å². The topological polar surface area (TPSA) is 35.0 Å². The predicted molar refractivity (Wildman–Crippen MR) is 126 cm³/mol. The molecule has 1 aromatic heterocycles. The molecule has 0 radical (unpaired) electrons. The summed E-state index contributed by atoms with van der Waals surface area (Å²) in [7, 11) is 0. The highest BCUT2D eigenvalue weighted by atomic mass is 16.5. The van der Waals surface area contributed by atoms with Crippen molar-refractivity contribution in [3.63, 3.8) is 0 Å². The van der Waals surface area contributed by atoms with Gasteiger partial charge in [-0.05, 0) is 67.5 Å². The number of rotatable bonds is 12. The van der Waals surface area contributed by atoms with Gasteiger partial charge < -0.3 is 4.74 Å². The lowest BCUT2D eigenvalue weighted by molar-refractivity contribution is 0.249. The molecule has 0 unspecified atom stereocenters. The van der Waals surface area contributed by atoms with E-state index in [2.05, 4.69) is 48.3 Å². The van der Waals surface area contributed by atoms with Crippen LogP contribution >= 0.6 is 0 Å². The summed E-state index contributed by atoms with van der Waals surface area (Å²) in [6.07, 6.45) is 15.8. The number of aromatic nitrogens is 2. The Morgan fingerprint density at radius 1 is 0.767 bits per heavy atom.